The van der Waals surface area contributed by atoms with Crippen molar-refractivity contribution < 1.29 is 46.3 Å². The highest BCUT2D eigenvalue weighted by Crippen LogP contribution is 2.46. The molecule has 2 aromatic carbocycles. The average Bonchev–Trinajstić information content (AvgIpc) is 2.82. The second-order valence-electron chi connectivity index (χ2n) is 7.32. The number of methoxy groups -OCH3 is 1. The van der Waals surface area contributed by atoms with E-state index in [-0.39, 0.29) is 37.1 Å². The van der Waals surface area contributed by atoms with E-state index in [9.17, 15) is 9.90 Å². The fourth-order valence-electron chi connectivity index (χ4n) is 3.60. The summed E-state index contributed by atoms with van der Waals surface area (Å²) in [5.41, 5.74) is 8.78. The first-order chi connectivity index (χ1) is 16.3. The van der Waals surface area contributed by atoms with Gasteiger partial charge in [0.25, 0.3) is 0 Å². The molecule has 184 valence electrons. The predicted molar refractivity (Wildman–Crippen MR) is 133 cm³/mol. The zero-order valence-electron chi connectivity index (χ0n) is 18.4. The molecule has 0 atom stereocenters. The maximum absolute atomic E-state index is 13.0. The van der Waals surface area contributed by atoms with Gasteiger partial charge in [0, 0.05) is 40.9 Å². The van der Waals surface area contributed by atoms with Crippen LogP contribution in [-0.2, 0) is 14.2 Å². The van der Waals surface area contributed by atoms with Gasteiger partial charge in [0.1, 0.15) is 15.8 Å². The van der Waals surface area contributed by atoms with Gasteiger partial charge in [-0.05, 0) is 56.1 Å². The van der Waals surface area contributed by atoms with Crippen molar-refractivity contribution in [2.45, 2.75) is 0 Å². The van der Waals surface area contributed by atoms with E-state index in [1.807, 2.05) is 0 Å². The van der Waals surface area contributed by atoms with Crippen LogP contribution in [-0.4, -0.2) is 38.2 Å². The number of ether oxygens (including phenoxy) is 3. The number of hydrogen-bond donors (Lipinski definition) is 3. The molecule has 0 saturated carbocycles. The monoisotopic (exact) mass is 626 g/mol. The maximum Gasteiger partial charge on any atom is 0.344 e. The first-order valence-corrected chi connectivity index (χ1v) is 11.7. The molecule has 2 aliphatic rings. The van der Waals surface area contributed by atoms with Gasteiger partial charge in [-0.15, -0.1) is 0 Å². The summed E-state index contributed by atoms with van der Waals surface area (Å²) in [6, 6.07) is 11.9. The topological polar surface area (TPSA) is 130 Å². The Morgan fingerprint density at radius 1 is 1.09 bits per heavy atom. The van der Waals surface area contributed by atoms with Crippen molar-refractivity contribution >= 4 is 54.5 Å². The maximum atomic E-state index is 13.0. The van der Waals surface area contributed by atoms with Crippen molar-refractivity contribution in [3.8, 4) is 28.2 Å². The predicted octanol–water partition coefficient (Wildman–Crippen LogP) is 0.459. The highest BCUT2D eigenvalue weighted by atomic mass is 79.9. The van der Waals surface area contributed by atoms with E-state index >= 15 is 0 Å². The van der Waals surface area contributed by atoms with E-state index in [2.05, 4.69) is 31.9 Å². The molecular weight excluding hydrogens is 608 g/mol. The Kier molecular flexibility index (Phi) is 8.79. The quantitative estimate of drug-likeness (QED) is 0.0892. The lowest BCUT2D eigenvalue weighted by atomic mass is 9.90. The molecule has 0 bridgehead atoms. The van der Waals surface area contributed by atoms with Gasteiger partial charge in [0.05, 0.1) is 17.7 Å². The fourth-order valence-corrected chi connectivity index (χ4v) is 4.46. The molecule has 8 nitrogen and oxygen atoms in total. The first kappa shape index (κ1) is 27.0. The van der Waals surface area contributed by atoms with Gasteiger partial charge in [0.2, 0.25) is 5.36 Å². The third kappa shape index (κ3) is 5.17. The van der Waals surface area contributed by atoms with E-state index in [0.717, 1.165) is 0 Å². The number of phenolic OH excluding ortho intramolecular Hbond substituents is 1. The second kappa shape index (κ2) is 11.4. The molecule has 0 saturated heterocycles. The molecule has 1 aliphatic carbocycles. The van der Waals surface area contributed by atoms with Crippen molar-refractivity contribution in [2.75, 3.05) is 32.9 Å². The van der Waals surface area contributed by atoms with Crippen molar-refractivity contribution in [2.24, 2.45) is 0 Å². The van der Waals surface area contributed by atoms with E-state index in [1.54, 1.807) is 43.5 Å². The molecule has 0 spiro atoms. The van der Waals surface area contributed by atoms with Gasteiger partial charge < -0.3 is 41.9 Å². The van der Waals surface area contributed by atoms with Crippen LogP contribution in [0.15, 0.2) is 55.8 Å². The van der Waals surface area contributed by atoms with Crippen LogP contribution >= 0.6 is 31.9 Å². The summed E-state index contributed by atoms with van der Waals surface area (Å²) in [5.74, 6) is -0.513. The number of phenols is 1. The summed E-state index contributed by atoms with van der Waals surface area (Å²) < 4.78 is 22.7. The van der Waals surface area contributed by atoms with Crippen molar-refractivity contribution in [3.63, 3.8) is 0 Å². The summed E-state index contributed by atoms with van der Waals surface area (Å²) in [5, 5.41) is 17.9. The number of nitrogen functional groups attached to an aromatic ring is 1. The minimum Gasteiger partial charge on any atom is -1.00 e. The van der Waals surface area contributed by atoms with Crippen molar-refractivity contribution in [1.29, 1.82) is 0 Å². The minimum absolute atomic E-state index is 0. The number of rotatable bonds is 7. The molecule has 1 aliphatic heterocycles. The third-order valence-electron chi connectivity index (χ3n) is 5.22. The minimum atomic E-state index is -0.739. The number of halogens is 3. The fraction of sp³-hybridized carbons (Fsp3) is 0.167. The molecule has 0 radical (unpaired) electrons. The number of anilines is 1. The van der Waals surface area contributed by atoms with Crippen molar-refractivity contribution in [3.05, 3.63) is 62.3 Å². The van der Waals surface area contributed by atoms with E-state index in [1.165, 1.54) is 6.07 Å². The first-order valence-electron chi connectivity index (χ1n) is 10.1. The van der Waals surface area contributed by atoms with E-state index in [0.29, 0.717) is 60.0 Å². The number of fused-ring (bicyclic) bond motifs is 2. The van der Waals surface area contributed by atoms with Gasteiger partial charge in [-0.3, -0.25) is 5.41 Å². The van der Waals surface area contributed by atoms with E-state index < -0.39 is 5.97 Å². The molecule has 0 unspecified atom stereocenters. The molecule has 0 amide bonds. The summed E-state index contributed by atoms with van der Waals surface area (Å²) in [6.07, 6.45) is 0. The Bertz CT molecular complexity index is 1430. The number of carbonyl (C=O) groups is 1. The second-order valence-corrected chi connectivity index (χ2v) is 8.90. The molecule has 2 aromatic rings. The Morgan fingerprint density at radius 2 is 1.86 bits per heavy atom. The zero-order chi connectivity index (χ0) is 24.4. The Labute approximate surface area is 223 Å². The number of carbonyl (C=O) groups excluding carboxylic acids is 1. The normalized spacial score (nSPS) is 10.9. The summed E-state index contributed by atoms with van der Waals surface area (Å²) >= 11 is 7.00. The molecule has 1 heterocycles. The van der Waals surface area contributed by atoms with Crippen LogP contribution < -0.4 is 28.9 Å². The SMILES string of the molecule is COCCOCOC(=O)c1c(O)cccc1-c1c2ccc(=[NH2+])c(Br)c-2oc2c(Br)c(N)ccc12.[Cl-]. The van der Waals surface area contributed by atoms with Gasteiger partial charge in [-0.25, -0.2) is 4.79 Å². The number of hydrogen-bond acceptors (Lipinski definition) is 7. The molecule has 5 N–H and O–H groups in total. The van der Waals surface area contributed by atoms with Crippen LogP contribution in [0, 0.1) is 0 Å². The van der Waals surface area contributed by atoms with Crippen LogP contribution in [0.2, 0.25) is 0 Å². The van der Waals surface area contributed by atoms with Gasteiger partial charge in [-0.1, -0.05) is 12.1 Å². The van der Waals surface area contributed by atoms with E-state index in [4.69, 9.17) is 29.8 Å². The van der Waals surface area contributed by atoms with Crippen LogP contribution in [0.1, 0.15) is 10.4 Å². The van der Waals surface area contributed by atoms with Crippen molar-refractivity contribution in [1.82, 2.24) is 0 Å². The van der Waals surface area contributed by atoms with Gasteiger partial charge >= 0.3 is 5.97 Å². The largest absolute Gasteiger partial charge is 1.00 e. The summed E-state index contributed by atoms with van der Waals surface area (Å²) in [6.45, 7) is 0.338. The number of benzene rings is 3. The number of esters is 1. The summed E-state index contributed by atoms with van der Waals surface area (Å²) in [7, 11) is 1.54. The lowest BCUT2D eigenvalue weighted by molar-refractivity contribution is -0.173. The lowest BCUT2D eigenvalue weighted by Gasteiger charge is -2.19. The Balaban J connectivity index is 0.00000342. The highest BCUT2D eigenvalue weighted by Gasteiger charge is 2.27. The number of nitrogens with two attached hydrogens (primary N) is 2. The Hall–Kier alpha value is -2.63. The number of aromatic hydroxyl groups is 1. The third-order valence-corrected chi connectivity index (χ3v) is 6.85. The highest BCUT2D eigenvalue weighted by molar-refractivity contribution is 9.11. The molecule has 4 rings (SSSR count). The smallest absolute Gasteiger partial charge is 0.344 e. The zero-order valence-corrected chi connectivity index (χ0v) is 22.4. The summed E-state index contributed by atoms with van der Waals surface area (Å²) in [4.78, 5) is 13.0. The molecule has 0 aromatic heterocycles. The lowest BCUT2D eigenvalue weighted by Crippen LogP contribution is -3.00. The van der Waals surface area contributed by atoms with Crippen LogP contribution in [0.4, 0.5) is 5.69 Å². The standard InChI is InChI=1S/C24H20Br2N2O6.ClH/c1-31-9-10-32-11-33-24(30)19-12(3-2-4-17(19)29)18-13-5-7-15(27)20(25)22(13)34-23-14(18)6-8-16(28)21(23)26;/h2-8,27,29H,9-11,28H2,1H3;1H. The molecular formula is C24H21Br2ClN2O6. The average molecular weight is 629 g/mol. The van der Waals surface area contributed by atoms with Crippen LogP contribution in [0.25, 0.3) is 33.4 Å². The Morgan fingerprint density at radius 3 is 2.60 bits per heavy atom. The molecule has 11 heteroatoms. The molecule has 0 fully saturated rings. The molecule has 35 heavy (non-hydrogen) atoms. The van der Waals surface area contributed by atoms with Crippen LogP contribution in [0.3, 0.4) is 0 Å². The van der Waals surface area contributed by atoms with Gasteiger partial charge in [0.15, 0.2) is 18.1 Å². The van der Waals surface area contributed by atoms with Gasteiger partial charge in [-0.2, -0.15) is 0 Å². The van der Waals surface area contributed by atoms with Crippen LogP contribution in [0.5, 0.6) is 5.75 Å².